The molecule has 0 saturated carbocycles. The van der Waals surface area contributed by atoms with E-state index in [2.05, 4.69) is 106 Å². The third kappa shape index (κ3) is 27.7. The molecule has 0 bridgehead atoms. The van der Waals surface area contributed by atoms with Gasteiger partial charge in [-0.1, -0.05) is 243 Å². The summed E-state index contributed by atoms with van der Waals surface area (Å²) in [6.07, 6.45) is 45.0. The summed E-state index contributed by atoms with van der Waals surface area (Å²) < 4.78 is 45.8. The second kappa shape index (κ2) is 35.7. The molecule has 0 aliphatic heterocycles. The Morgan fingerprint density at radius 3 is 0.754 bits per heavy atom. The van der Waals surface area contributed by atoms with Gasteiger partial charge in [0.15, 0.2) is 0 Å². The van der Waals surface area contributed by atoms with Gasteiger partial charge in [-0.3, -0.25) is 0 Å². The van der Waals surface area contributed by atoms with E-state index in [0.717, 1.165) is 35.5 Å². The van der Waals surface area contributed by atoms with Crippen LogP contribution in [0.2, 0.25) is 0 Å². The SMILES string of the molecule is CCCCCCCCCCCCc1ccc(-c2cc(-c3ccc(CCCCCCCCCCCC)cc3)[o+]c(-c3ccc(CCCCCCCCCCCC)cc3)c2)cc1.F[B-](F)(F)F. The first kappa shape index (κ1) is 55.9. The summed E-state index contributed by atoms with van der Waals surface area (Å²) in [5.74, 6) is 1.88. The fourth-order valence-electron chi connectivity index (χ4n) is 8.94. The topological polar surface area (TPSA) is 11.3 Å². The summed E-state index contributed by atoms with van der Waals surface area (Å²) >= 11 is 0. The Bertz CT molecular complexity index is 1510. The van der Waals surface area contributed by atoms with Crippen molar-refractivity contribution in [1.82, 2.24) is 0 Å². The van der Waals surface area contributed by atoms with Gasteiger partial charge in [-0.2, -0.15) is 0 Å². The first-order valence-electron chi connectivity index (χ1n) is 26.8. The van der Waals surface area contributed by atoms with Gasteiger partial charge in [0.2, 0.25) is 0 Å². The lowest BCUT2D eigenvalue weighted by Gasteiger charge is -2.07. The Labute approximate surface area is 395 Å². The van der Waals surface area contributed by atoms with Gasteiger partial charge in [0.1, 0.15) is 0 Å². The van der Waals surface area contributed by atoms with E-state index in [-0.39, 0.29) is 0 Å². The molecule has 1 nitrogen and oxygen atoms in total. The molecule has 4 rings (SSSR count). The summed E-state index contributed by atoms with van der Waals surface area (Å²) in [5.41, 5.74) is 9.11. The normalized spacial score (nSPS) is 11.5. The van der Waals surface area contributed by atoms with Crippen molar-refractivity contribution in [1.29, 1.82) is 0 Å². The van der Waals surface area contributed by atoms with E-state index < -0.39 is 7.25 Å². The van der Waals surface area contributed by atoms with E-state index in [1.807, 2.05) is 0 Å². The van der Waals surface area contributed by atoms with Crippen molar-refractivity contribution in [2.24, 2.45) is 0 Å². The summed E-state index contributed by atoms with van der Waals surface area (Å²) in [7, 11) is -6.00. The molecule has 1 heterocycles. The van der Waals surface area contributed by atoms with Crippen molar-refractivity contribution in [3.63, 3.8) is 0 Å². The van der Waals surface area contributed by atoms with Crippen LogP contribution < -0.4 is 0 Å². The van der Waals surface area contributed by atoms with Gasteiger partial charge in [0.25, 0.3) is 0 Å². The van der Waals surface area contributed by atoms with Crippen molar-refractivity contribution in [2.75, 3.05) is 0 Å². The Morgan fingerprint density at radius 1 is 0.292 bits per heavy atom. The zero-order chi connectivity index (χ0) is 46.6. The van der Waals surface area contributed by atoms with Crippen LogP contribution in [0.25, 0.3) is 33.8 Å². The van der Waals surface area contributed by atoms with Gasteiger partial charge >= 0.3 is 18.8 Å². The van der Waals surface area contributed by atoms with E-state index >= 15 is 0 Å². The van der Waals surface area contributed by atoms with E-state index in [1.165, 1.54) is 227 Å². The lowest BCUT2D eigenvalue weighted by atomic mass is 9.98. The smallest absolute Gasteiger partial charge is 0.418 e. The maximum Gasteiger partial charge on any atom is 0.673 e. The number of unbranched alkanes of at least 4 members (excludes halogenated alkanes) is 27. The summed E-state index contributed by atoms with van der Waals surface area (Å²) in [4.78, 5) is 0. The van der Waals surface area contributed by atoms with Crippen LogP contribution in [0.1, 0.15) is 230 Å². The number of rotatable bonds is 36. The number of benzene rings is 3. The molecule has 0 atom stereocenters. The average molecular weight is 901 g/mol. The van der Waals surface area contributed by atoms with Gasteiger partial charge in [0, 0.05) is 5.56 Å². The molecule has 0 aliphatic carbocycles. The molecular formula is C59H89BF4O. The van der Waals surface area contributed by atoms with E-state index in [0.29, 0.717) is 0 Å². The molecule has 0 aliphatic rings. The summed E-state index contributed by atoms with van der Waals surface area (Å²) in [6.45, 7) is 6.90. The molecule has 1 aromatic heterocycles. The molecule has 3 aromatic carbocycles. The standard InChI is InChI=1S/C59H89O.BF4/c1-4-7-10-13-16-19-22-25-28-31-34-51-37-43-54(44-38-51)57-49-58(55-45-39-52(40-46-55)35-32-29-26-23-20-17-14-11-8-5-2)60-59(50-57)56-47-41-53(42-48-56)36-33-30-27-24-21-18-15-12-9-6-3;2-1(3,4)5/h37-50H,4-36H2,1-3H3;/q+1;-1. The monoisotopic (exact) mass is 901 g/mol. The van der Waals surface area contributed by atoms with Crippen molar-refractivity contribution in [3.8, 4) is 33.8 Å². The predicted octanol–water partition coefficient (Wildman–Crippen LogP) is 21.3. The molecule has 0 N–H and O–H groups in total. The fraction of sp³-hybridized carbons (Fsp3) is 0.610. The van der Waals surface area contributed by atoms with Gasteiger partial charge < -0.3 is 17.3 Å². The van der Waals surface area contributed by atoms with Crippen LogP contribution in [0.5, 0.6) is 0 Å². The zero-order valence-electron chi connectivity index (χ0n) is 41.4. The van der Waals surface area contributed by atoms with Crippen molar-refractivity contribution in [3.05, 3.63) is 102 Å². The maximum absolute atomic E-state index is 9.75. The molecule has 362 valence electrons. The third-order valence-electron chi connectivity index (χ3n) is 13.0. The number of aryl methyl sites for hydroxylation is 3. The molecule has 0 saturated heterocycles. The van der Waals surface area contributed by atoms with Gasteiger partial charge in [-0.15, -0.1) is 0 Å². The van der Waals surface area contributed by atoms with Crippen LogP contribution in [0, 0.1) is 0 Å². The molecule has 65 heavy (non-hydrogen) atoms. The first-order chi connectivity index (χ1) is 31.7. The van der Waals surface area contributed by atoms with Crippen LogP contribution in [0.15, 0.2) is 89.3 Å². The largest absolute Gasteiger partial charge is 0.673 e. The predicted molar refractivity (Wildman–Crippen MR) is 276 cm³/mol. The quantitative estimate of drug-likeness (QED) is 0.0192. The van der Waals surface area contributed by atoms with Gasteiger partial charge in [-0.05, 0) is 85.0 Å². The number of hydrogen-bond donors (Lipinski definition) is 0. The molecule has 0 radical (unpaired) electrons. The second-order valence-corrected chi connectivity index (χ2v) is 19.0. The Morgan fingerprint density at radius 2 is 0.508 bits per heavy atom. The number of hydrogen-bond acceptors (Lipinski definition) is 0. The fourth-order valence-corrected chi connectivity index (χ4v) is 8.94. The Kier molecular flexibility index (Phi) is 30.8. The molecule has 0 spiro atoms. The van der Waals surface area contributed by atoms with E-state index in [4.69, 9.17) is 4.42 Å². The minimum Gasteiger partial charge on any atom is -0.418 e. The van der Waals surface area contributed by atoms with E-state index in [9.17, 15) is 17.3 Å². The average Bonchev–Trinajstić information content (AvgIpc) is 3.31. The van der Waals surface area contributed by atoms with Crippen LogP contribution in [0.3, 0.4) is 0 Å². The van der Waals surface area contributed by atoms with Crippen LogP contribution in [-0.2, 0) is 19.3 Å². The molecule has 6 heteroatoms. The molecule has 0 unspecified atom stereocenters. The van der Waals surface area contributed by atoms with Crippen molar-refractivity contribution in [2.45, 2.75) is 233 Å². The van der Waals surface area contributed by atoms with Crippen LogP contribution in [-0.4, -0.2) is 7.25 Å². The molecular weight excluding hydrogens is 811 g/mol. The van der Waals surface area contributed by atoms with Crippen LogP contribution in [0.4, 0.5) is 17.3 Å². The molecule has 4 aromatic rings. The third-order valence-corrected chi connectivity index (χ3v) is 13.0. The second-order valence-electron chi connectivity index (χ2n) is 19.0. The molecule has 0 fully saturated rings. The zero-order valence-corrected chi connectivity index (χ0v) is 41.4. The molecule has 0 amide bonds. The highest BCUT2D eigenvalue weighted by Crippen LogP contribution is 2.34. The van der Waals surface area contributed by atoms with E-state index in [1.54, 1.807) is 0 Å². The van der Waals surface area contributed by atoms with Crippen LogP contribution >= 0.6 is 0 Å². The first-order valence-corrected chi connectivity index (χ1v) is 26.8. The van der Waals surface area contributed by atoms with Crippen molar-refractivity contribution >= 4 is 7.25 Å². The summed E-state index contributed by atoms with van der Waals surface area (Å²) in [6, 6.07) is 32.3. The van der Waals surface area contributed by atoms with Gasteiger partial charge in [-0.25, -0.2) is 4.42 Å². The maximum atomic E-state index is 9.75. The highest BCUT2D eigenvalue weighted by Gasteiger charge is 2.22. The lowest BCUT2D eigenvalue weighted by Crippen LogP contribution is -2.02. The van der Waals surface area contributed by atoms with Gasteiger partial charge in [0.05, 0.1) is 23.3 Å². The highest BCUT2D eigenvalue weighted by molar-refractivity contribution is 6.50. The number of halogens is 4. The minimum absolute atomic E-state index is 0.942. The highest BCUT2D eigenvalue weighted by atomic mass is 19.5. The Hall–Kier alpha value is -3.41. The minimum atomic E-state index is -6.00. The lowest BCUT2D eigenvalue weighted by molar-refractivity contribution is 0.368. The Balaban J connectivity index is 0.00000212. The summed E-state index contributed by atoms with van der Waals surface area (Å²) in [5, 5.41) is 0. The van der Waals surface area contributed by atoms with Crippen molar-refractivity contribution < 1.29 is 21.7 Å².